The first kappa shape index (κ1) is 21.4. The van der Waals surface area contributed by atoms with Crippen LogP contribution in [-0.2, 0) is 14.9 Å². The molecule has 1 saturated carbocycles. The van der Waals surface area contributed by atoms with Crippen LogP contribution in [0.1, 0.15) is 70.1 Å². The summed E-state index contributed by atoms with van der Waals surface area (Å²) in [6, 6.07) is 7.04. The second-order valence-electron chi connectivity index (χ2n) is 8.65. The van der Waals surface area contributed by atoms with Gasteiger partial charge in [-0.25, -0.2) is 4.79 Å². The lowest BCUT2D eigenvalue weighted by atomic mass is 9.86. The van der Waals surface area contributed by atoms with Crippen LogP contribution in [0.3, 0.4) is 0 Å². The number of carbonyl (C=O) groups is 1. The predicted octanol–water partition coefficient (Wildman–Crippen LogP) is 5.67. The molecule has 3 atom stereocenters. The molecule has 0 saturated heterocycles. The molecule has 0 aromatic heterocycles. The summed E-state index contributed by atoms with van der Waals surface area (Å²) in [5.41, 5.74) is 4.90. The normalized spacial score (nSPS) is 25.6. The predicted molar refractivity (Wildman–Crippen MR) is 111 cm³/mol. The fourth-order valence-corrected chi connectivity index (χ4v) is 3.99. The number of hydrogen-bond donors (Lipinski definition) is 1. The molecular weight excluding hydrogens is 336 g/mol. The lowest BCUT2D eigenvalue weighted by Crippen LogP contribution is -2.10. The average Bonchev–Trinajstić information content (AvgIpc) is 3.16. The highest BCUT2D eigenvalue weighted by molar-refractivity contribution is 5.81. The highest BCUT2D eigenvalue weighted by Gasteiger charge is 2.60. The van der Waals surface area contributed by atoms with Gasteiger partial charge in [0.05, 0.1) is 6.61 Å². The molecule has 0 radical (unpaired) electrons. The number of carboxylic acid groups (broad SMARTS) is 1. The molecule has 0 bridgehead atoms. The summed E-state index contributed by atoms with van der Waals surface area (Å²) in [6.07, 6.45) is 5.34. The zero-order chi connectivity index (χ0) is 20.4. The second kappa shape index (κ2) is 8.43. The fourth-order valence-electron chi connectivity index (χ4n) is 3.99. The van der Waals surface area contributed by atoms with E-state index >= 15 is 0 Å². The summed E-state index contributed by atoms with van der Waals surface area (Å²) < 4.78 is 5.50. The van der Waals surface area contributed by atoms with Gasteiger partial charge in [-0.2, -0.15) is 0 Å². The lowest BCUT2D eigenvalue weighted by Gasteiger charge is -2.19. The molecule has 0 heterocycles. The number of hydrogen-bond acceptors (Lipinski definition) is 2. The van der Waals surface area contributed by atoms with Gasteiger partial charge in [0.15, 0.2) is 0 Å². The molecule has 1 N–H and O–H groups in total. The Kier molecular flexibility index (Phi) is 6.69. The third-order valence-corrected chi connectivity index (χ3v) is 5.98. The first-order valence-corrected chi connectivity index (χ1v) is 9.85. The lowest BCUT2D eigenvalue weighted by molar-refractivity contribution is -0.131. The molecule has 1 aromatic rings. The van der Waals surface area contributed by atoms with E-state index in [4.69, 9.17) is 9.84 Å². The summed E-state index contributed by atoms with van der Waals surface area (Å²) in [7, 11) is 1.75. The summed E-state index contributed by atoms with van der Waals surface area (Å²) in [5, 5.41) is 8.92. The molecule has 0 amide bonds. The van der Waals surface area contributed by atoms with Crippen molar-refractivity contribution in [2.24, 2.45) is 11.8 Å². The molecular formula is C24H34O3. The van der Waals surface area contributed by atoms with Crippen LogP contribution < -0.4 is 0 Å². The molecule has 0 aliphatic heterocycles. The minimum Gasteiger partial charge on any atom is -0.478 e. The van der Waals surface area contributed by atoms with Crippen molar-refractivity contribution in [3.8, 4) is 0 Å². The zero-order valence-corrected chi connectivity index (χ0v) is 17.7. The summed E-state index contributed by atoms with van der Waals surface area (Å²) >= 11 is 0. The van der Waals surface area contributed by atoms with Crippen LogP contribution in [-0.4, -0.2) is 24.8 Å². The second-order valence-corrected chi connectivity index (χ2v) is 8.65. The molecule has 3 heteroatoms. The Morgan fingerprint density at radius 1 is 1.19 bits per heavy atom. The molecule has 1 aromatic carbocycles. The maximum atomic E-state index is 10.9. The molecule has 0 unspecified atom stereocenters. The Bertz CT molecular complexity index is 716. The van der Waals surface area contributed by atoms with Gasteiger partial charge >= 0.3 is 5.97 Å². The van der Waals surface area contributed by atoms with Crippen molar-refractivity contribution in [1.29, 1.82) is 0 Å². The Hall–Kier alpha value is -1.87. The Labute approximate surface area is 164 Å². The van der Waals surface area contributed by atoms with Gasteiger partial charge in [-0.3, -0.25) is 0 Å². The minimum atomic E-state index is -0.907. The number of methoxy groups -OCH3 is 1. The van der Waals surface area contributed by atoms with Gasteiger partial charge in [-0.1, -0.05) is 65.0 Å². The van der Waals surface area contributed by atoms with Crippen LogP contribution in [0.15, 0.2) is 42.0 Å². The van der Waals surface area contributed by atoms with Gasteiger partial charge in [0.25, 0.3) is 0 Å². The van der Waals surface area contributed by atoms with Crippen molar-refractivity contribution >= 4 is 5.97 Å². The largest absolute Gasteiger partial charge is 0.478 e. The van der Waals surface area contributed by atoms with E-state index in [1.807, 2.05) is 13.0 Å². The van der Waals surface area contributed by atoms with Crippen molar-refractivity contribution in [3.63, 3.8) is 0 Å². The Morgan fingerprint density at radius 3 is 2.19 bits per heavy atom. The SMILES string of the molecule is COC[C@@H]1[C@@H](/C=C/C(C)=C/C(=O)O)[C@]1(C)c1cc(C(C)C)cc(C(C)C)c1. The van der Waals surface area contributed by atoms with E-state index in [0.29, 0.717) is 30.3 Å². The highest BCUT2D eigenvalue weighted by atomic mass is 16.5. The van der Waals surface area contributed by atoms with Crippen molar-refractivity contribution in [1.82, 2.24) is 0 Å². The van der Waals surface area contributed by atoms with E-state index in [0.717, 1.165) is 5.57 Å². The summed E-state index contributed by atoms with van der Waals surface area (Å²) in [5.74, 6) is 0.812. The van der Waals surface area contributed by atoms with E-state index < -0.39 is 5.97 Å². The third-order valence-electron chi connectivity index (χ3n) is 5.98. The number of benzene rings is 1. The van der Waals surface area contributed by atoms with E-state index in [2.05, 4.69) is 58.9 Å². The van der Waals surface area contributed by atoms with E-state index in [1.165, 1.54) is 22.8 Å². The van der Waals surface area contributed by atoms with Crippen molar-refractivity contribution < 1.29 is 14.6 Å². The van der Waals surface area contributed by atoms with Gasteiger partial charge in [0, 0.05) is 18.6 Å². The number of allylic oxidation sites excluding steroid dienone is 3. The topological polar surface area (TPSA) is 46.5 Å². The Balaban J connectivity index is 2.42. The van der Waals surface area contributed by atoms with E-state index in [-0.39, 0.29) is 5.41 Å². The smallest absolute Gasteiger partial charge is 0.328 e. The van der Waals surface area contributed by atoms with Gasteiger partial charge in [0.2, 0.25) is 0 Å². The van der Waals surface area contributed by atoms with Gasteiger partial charge in [0.1, 0.15) is 0 Å². The van der Waals surface area contributed by atoms with E-state index in [9.17, 15) is 4.79 Å². The monoisotopic (exact) mass is 370 g/mol. The number of carboxylic acids is 1. The van der Waals surface area contributed by atoms with Crippen LogP contribution in [0.4, 0.5) is 0 Å². The maximum absolute atomic E-state index is 10.9. The maximum Gasteiger partial charge on any atom is 0.328 e. The van der Waals surface area contributed by atoms with Crippen molar-refractivity contribution in [2.75, 3.05) is 13.7 Å². The molecule has 1 aliphatic carbocycles. The van der Waals surface area contributed by atoms with Crippen LogP contribution in [0.25, 0.3) is 0 Å². The Morgan fingerprint density at radius 2 is 1.74 bits per heavy atom. The van der Waals surface area contributed by atoms with Crippen molar-refractivity contribution in [2.45, 2.75) is 58.8 Å². The van der Waals surface area contributed by atoms with Gasteiger partial charge < -0.3 is 9.84 Å². The number of rotatable bonds is 8. The zero-order valence-electron chi connectivity index (χ0n) is 17.7. The molecule has 2 rings (SSSR count). The number of ether oxygens (including phenoxy) is 1. The first-order chi connectivity index (χ1) is 12.6. The highest BCUT2D eigenvalue weighted by Crippen LogP contribution is 2.61. The third kappa shape index (κ3) is 4.70. The summed E-state index contributed by atoms with van der Waals surface area (Å²) in [4.78, 5) is 10.9. The van der Waals surface area contributed by atoms with Crippen LogP contribution in [0, 0.1) is 11.8 Å². The summed E-state index contributed by atoms with van der Waals surface area (Å²) in [6.45, 7) is 13.8. The molecule has 1 aliphatic rings. The van der Waals surface area contributed by atoms with Crippen LogP contribution in [0.2, 0.25) is 0 Å². The van der Waals surface area contributed by atoms with Crippen molar-refractivity contribution in [3.05, 3.63) is 58.7 Å². The van der Waals surface area contributed by atoms with E-state index in [1.54, 1.807) is 7.11 Å². The first-order valence-electron chi connectivity index (χ1n) is 9.85. The quantitative estimate of drug-likeness (QED) is 0.474. The number of aliphatic carboxylic acids is 1. The van der Waals surface area contributed by atoms with Crippen LogP contribution in [0.5, 0.6) is 0 Å². The van der Waals surface area contributed by atoms with Gasteiger partial charge in [-0.05, 0) is 52.9 Å². The van der Waals surface area contributed by atoms with Crippen LogP contribution >= 0.6 is 0 Å². The molecule has 27 heavy (non-hydrogen) atoms. The molecule has 0 spiro atoms. The molecule has 148 valence electrons. The average molecular weight is 371 g/mol. The molecule has 1 fully saturated rings. The van der Waals surface area contributed by atoms with Gasteiger partial charge in [-0.15, -0.1) is 0 Å². The minimum absolute atomic E-state index is 0.0184. The fraction of sp³-hybridized carbons (Fsp3) is 0.542. The molecule has 3 nitrogen and oxygen atoms in total. The standard InChI is InChI=1S/C24H34O3/c1-15(2)18-11-19(16(3)4)13-20(12-18)24(6)21(22(24)14-27-7)9-8-17(5)10-23(25)26/h8-13,15-16,21-22H,14H2,1-7H3,(H,25,26)/b9-8+,17-10+/t21-,22-,24+/m1/s1.